The van der Waals surface area contributed by atoms with Gasteiger partial charge in [0.05, 0.1) is 12.9 Å². The van der Waals surface area contributed by atoms with Gasteiger partial charge in [0, 0.05) is 6.54 Å². The van der Waals surface area contributed by atoms with Crippen molar-refractivity contribution in [3.8, 4) is 0 Å². The molecule has 0 aliphatic carbocycles. The molecule has 0 fully saturated rings. The predicted molar refractivity (Wildman–Crippen MR) is 52.8 cm³/mol. The molecule has 2 nitrogen and oxygen atoms in total. The largest absolute Gasteiger partial charge is 0.502 e. The average Bonchev–Trinajstić information content (AvgIpc) is 2.10. The van der Waals surface area contributed by atoms with Gasteiger partial charge < -0.3 is 10.1 Å². The van der Waals surface area contributed by atoms with Crippen LogP contribution in [0.2, 0.25) is 0 Å². The van der Waals surface area contributed by atoms with E-state index in [0.717, 1.165) is 25.1 Å². The van der Waals surface area contributed by atoms with E-state index in [2.05, 4.69) is 18.3 Å². The van der Waals surface area contributed by atoms with E-state index in [9.17, 15) is 0 Å². The molecule has 0 aliphatic heterocycles. The van der Waals surface area contributed by atoms with Crippen molar-refractivity contribution in [3.63, 3.8) is 0 Å². The molecule has 0 saturated carbocycles. The van der Waals surface area contributed by atoms with Gasteiger partial charge in [0.2, 0.25) is 0 Å². The maximum Gasteiger partial charge on any atom is 0.0887 e. The first kappa shape index (κ1) is 11.1. The molecule has 2 heteroatoms. The number of allylic oxidation sites excluding steroid dienone is 3. The van der Waals surface area contributed by atoms with Crippen LogP contribution in [0.1, 0.15) is 26.7 Å². The predicted octanol–water partition coefficient (Wildman–Crippen LogP) is 2.44. The van der Waals surface area contributed by atoms with Crippen molar-refractivity contribution in [3.05, 3.63) is 24.1 Å². The van der Waals surface area contributed by atoms with Gasteiger partial charge in [-0.15, -0.1) is 0 Å². The summed E-state index contributed by atoms with van der Waals surface area (Å²) in [5.74, 6) is 0.968. The highest BCUT2D eigenvalue weighted by Crippen LogP contribution is 1.95. The quantitative estimate of drug-likeness (QED) is 0.487. The topological polar surface area (TPSA) is 21.3 Å². The summed E-state index contributed by atoms with van der Waals surface area (Å²) < 4.78 is 4.98. The molecule has 0 amide bonds. The Bertz CT molecular complexity index is 150. The third-order valence-corrected chi connectivity index (χ3v) is 1.49. The van der Waals surface area contributed by atoms with Crippen LogP contribution in [-0.4, -0.2) is 13.7 Å². The zero-order chi connectivity index (χ0) is 9.23. The molecule has 0 spiro atoms. The van der Waals surface area contributed by atoms with E-state index in [4.69, 9.17) is 4.74 Å². The highest BCUT2D eigenvalue weighted by Gasteiger charge is 1.80. The number of hydrogen-bond acceptors (Lipinski definition) is 2. The first-order chi connectivity index (χ1) is 5.81. The second kappa shape index (κ2) is 8.18. The normalized spacial score (nSPS) is 12.1. The Morgan fingerprint density at radius 3 is 2.83 bits per heavy atom. The Balaban J connectivity index is 3.35. The molecule has 0 rings (SSSR count). The van der Waals surface area contributed by atoms with Gasteiger partial charge >= 0.3 is 0 Å². The van der Waals surface area contributed by atoms with E-state index in [0.29, 0.717) is 0 Å². The Kier molecular flexibility index (Phi) is 7.55. The fraction of sp³-hybridized carbons (Fsp3) is 0.600. The third kappa shape index (κ3) is 7.19. The van der Waals surface area contributed by atoms with Crippen LogP contribution in [-0.2, 0) is 4.74 Å². The molecule has 0 aromatic carbocycles. The molecule has 0 heterocycles. The van der Waals surface area contributed by atoms with E-state index in [-0.39, 0.29) is 0 Å². The molecule has 0 aromatic heterocycles. The van der Waals surface area contributed by atoms with E-state index in [1.54, 1.807) is 7.11 Å². The van der Waals surface area contributed by atoms with Crippen LogP contribution in [0.5, 0.6) is 0 Å². The van der Waals surface area contributed by atoms with Crippen molar-refractivity contribution in [1.29, 1.82) is 0 Å². The highest BCUT2D eigenvalue weighted by atomic mass is 16.5. The Labute approximate surface area is 75.3 Å². The van der Waals surface area contributed by atoms with E-state index >= 15 is 0 Å². The molecular weight excluding hydrogens is 150 g/mol. The monoisotopic (exact) mass is 169 g/mol. The summed E-state index contributed by atoms with van der Waals surface area (Å²) in [7, 11) is 1.69. The fourth-order valence-corrected chi connectivity index (χ4v) is 0.696. The van der Waals surface area contributed by atoms with E-state index in [1.165, 1.54) is 0 Å². The lowest BCUT2D eigenvalue weighted by Gasteiger charge is -1.96. The molecular formula is C10H19NO. The van der Waals surface area contributed by atoms with Crippen LogP contribution in [0.25, 0.3) is 0 Å². The minimum atomic E-state index is 0.927. The molecule has 0 bridgehead atoms. The summed E-state index contributed by atoms with van der Waals surface area (Å²) in [6.07, 6.45) is 8.21. The molecule has 0 aromatic rings. The number of rotatable bonds is 6. The SMILES string of the molecule is CCCN/C=C\C/C=C(\C)OC. The molecule has 0 radical (unpaired) electrons. The summed E-state index contributed by atoms with van der Waals surface area (Å²) in [6.45, 7) is 5.15. The number of nitrogens with one attached hydrogen (secondary N) is 1. The van der Waals surface area contributed by atoms with Crippen LogP contribution in [0.15, 0.2) is 24.1 Å². The van der Waals surface area contributed by atoms with Crippen LogP contribution < -0.4 is 5.32 Å². The Morgan fingerprint density at radius 1 is 1.50 bits per heavy atom. The van der Waals surface area contributed by atoms with Crippen LogP contribution in [0, 0.1) is 0 Å². The van der Waals surface area contributed by atoms with Crippen molar-refractivity contribution in [2.24, 2.45) is 0 Å². The summed E-state index contributed by atoms with van der Waals surface area (Å²) in [5, 5.41) is 3.18. The minimum absolute atomic E-state index is 0.927. The number of ether oxygens (including phenoxy) is 1. The molecule has 0 atom stereocenters. The summed E-state index contributed by atoms with van der Waals surface area (Å²) in [5.41, 5.74) is 0. The highest BCUT2D eigenvalue weighted by molar-refractivity contribution is 4.95. The Hall–Kier alpha value is -0.920. The smallest absolute Gasteiger partial charge is 0.0887 e. The fourth-order valence-electron chi connectivity index (χ4n) is 0.696. The van der Waals surface area contributed by atoms with Crippen molar-refractivity contribution in [2.45, 2.75) is 26.7 Å². The van der Waals surface area contributed by atoms with Crippen LogP contribution in [0.4, 0.5) is 0 Å². The maximum atomic E-state index is 4.98. The van der Waals surface area contributed by atoms with Crippen LogP contribution >= 0.6 is 0 Å². The van der Waals surface area contributed by atoms with Gasteiger partial charge in [-0.2, -0.15) is 0 Å². The average molecular weight is 169 g/mol. The van der Waals surface area contributed by atoms with Gasteiger partial charge in [0.25, 0.3) is 0 Å². The summed E-state index contributed by atoms with van der Waals surface area (Å²) in [6, 6.07) is 0. The minimum Gasteiger partial charge on any atom is -0.502 e. The van der Waals surface area contributed by atoms with Crippen LogP contribution in [0.3, 0.4) is 0 Å². The second-order valence-corrected chi connectivity index (χ2v) is 2.61. The lowest BCUT2D eigenvalue weighted by Crippen LogP contribution is -2.04. The van der Waals surface area contributed by atoms with Gasteiger partial charge in [-0.05, 0) is 32.0 Å². The van der Waals surface area contributed by atoms with E-state index in [1.807, 2.05) is 19.2 Å². The second-order valence-electron chi connectivity index (χ2n) is 2.61. The van der Waals surface area contributed by atoms with Gasteiger partial charge in [0.15, 0.2) is 0 Å². The lowest BCUT2D eigenvalue weighted by atomic mass is 10.3. The number of hydrogen-bond donors (Lipinski definition) is 1. The Morgan fingerprint density at radius 2 is 2.25 bits per heavy atom. The zero-order valence-electron chi connectivity index (χ0n) is 8.26. The molecule has 70 valence electrons. The van der Waals surface area contributed by atoms with Gasteiger partial charge in [-0.3, -0.25) is 0 Å². The van der Waals surface area contributed by atoms with Gasteiger partial charge in [-0.1, -0.05) is 13.0 Å². The van der Waals surface area contributed by atoms with E-state index < -0.39 is 0 Å². The zero-order valence-corrected chi connectivity index (χ0v) is 8.26. The number of methoxy groups -OCH3 is 1. The standard InChI is InChI=1S/C10H19NO/c1-4-8-11-9-6-5-7-10(2)12-3/h6-7,9,11H,4-5,8H2,1-3H3/b9-6-,10-7+. The third-order valence-electron chi connectivity index (χ3n) is 1.49. The van der Waals surface area contributed by atoms with Crippen molar-refractivity contribution in [1.82, 2.24) is 5.32 Å². The van der Waals surface area contributed by atoms with Crippen molar-refractivity contribution in [2.75, 3.05) is 13.7 Å². The van der Waals surface area contributed by atoms with Gasteiger partial charge in [-0.25, -0.2) is 0 Å². The summed E-state index contributed by atoms with van der Waals surface area (Å²) >= 11 is 0. The molecule has 12 heavy (non-hydrogen) atoms. The molecule has 1 N–H and O–H groups in total. The van der Waals surface area contributed by atoms with Crippen molar-refractivity contribution >= 4 is 0 Å². The molecule has 0 aliphatic rings. The lowest BCUT2D eigenvalue weighted by molar-refractivity contribution is 0.292. The first-order valence-corrected chi connectivity index (χ1v) is 4.40. The summed E-state index contributed by atoms with van der Waals surface area (Å²) in [4.78, 5) is 0. The maximum absolute atomic E-state index is 4.98. The first-order valence-electron chi connectivity index (χ1n) is 4.40. The van der Waals surface area contributed by atoms with Crippen molar-refractivity contribution < 1.29 is 4.74 Å². The molecule has 0 unspecified atom stereocenters. The molecule has 0 saturated heterocycles. The van der Waals surface area contributed by atoms with Gasteiger partial charge in [0.1, 0.15) is 0 Å².